The Morgan fingerprint density at radius 3 is 2.67 bits per heavy atom. The smallest absolute Gasteiger partial charge is 0.255 e. The zero-order chi connectivity index (χ0) is 19.4. The van der Waals surface area contributed by atoms with Crippen LogP contribution >= 0.6 is 0 Å². The minimum Gasteiger partial charge on any atom is -0.484 e. The Morgan fingerprint density at radius 2 is 2.00 bits per heavy atom. The number of ether oxygens (including phenoxy) is 2. The van der Waals surface area contributed by atoms with E-state index in [9.17, 15) is 13.2 Å². The number of carbonyl (C=O) groups is 1. The average Bonchev–Trinajstić information content (AvgIpc) is 3.09. The first-order valence-corrected chi connectivity index (χ1v) is 9.90. The van der Waals surface area contributed by atoms with Gasteiger partial charge in [-0.3, -0.25) is 4.79 Å². The van der Waals surface area contributed by atoms with E-state index in [-0.39, 0.29) is 24.2 Å². The predicted molar refractivity (Wildman–Crippen MR) is 97.9 cm³/mol. The van der Waals surface area contributed by atoms with Crippen LogP contribution in [-0.4, -0.2) is 49.4 Å². The first kappa shape index (κ1) is 19.1. The molecule has 1 atom stereocenters. The summed E-state index contributed by atoms with van der Waals surface area (Å²) >= 11 is 0. The van der Waals surface area contributed by atoms with E-state index in [0.717, 1.165) is 5.69 Å². The van der Waals surface area contributed by atoms with Crippen LogP contribution in [0.1, 0.15) is 12.1 Å². The van der Waals surface area contributed by atoms with Crippen LogP contribution in [-0.2, 0) is 14.8 Å². The van der Waals surface area contributed by atoms with Crippen LogP contribution in [0.15, 0.2) is 47.4 Å². The minimum atomic E-state index is -3.63. The van der Waals surface area contributed by atoms with E-state index in [2.05, 4.69) is 4.98 Å². The zero-order valence-electron chi connectivity index (χ0n) is 14.9. The number of hydrogen-bond donors (Lipinski definition) is 1. The Kier molecular flexibility index (Phi) is 5.62. The van der Waals surface area contributed by atoms with Crippen molar-refractivity contribution in [2.75, 3.05) is 19.7 Å². The maximum atomic E-state index is 12.8. The van der Waals surface area contributed by atoms with E-state index in [0.29, 0.717) is 24.6 Å². The van der Waals surface area contributed by atoms with Crippen LogP contribution in [0, 0.1) is 6.92 Å². The molecule has 0 unspecified atom stereocenters. The summed E-state index contributed by atoms with van der Waals surface area (Å²) in [4.78, 5) is 15.2. The summed E-state index contributed by atoms with van der Waals surface area (Å²) < 4.78 is 38.0. The highest BCUT2D eigenvalue weighted by Crippen LogP contribution is 2.25. The molecule has 8 nitrogen and oxygen atoms in total. The third kappa shape index (κ3) is 4.75. The number of rotatable bonds is 7. The van der Waals surface area contributed by atoms with Gasteiger partial charge in [0.25, 0.3) is 5.91 Å². The highest BCUT2D eigenvalue weighted by molar-refractivity contribution is 7.89. The second kappa shape index (κ2) is 7.93. The van der Waals surface area contributed by atoms with Gasteiger partial charge in [0.2, 0.25) is 15.9 Å². The molecule has 2 aromatic rings. The fraction of sp³-hybridized carbons (Fsp3) is 0.333. The number of amides is 1. The molecule has 3 rings (SSSR count). The lowest BCUT2D eigenvalue weighted by molar-refractivity contribution is -0.119. The molecule has 2 heterocycles. The fourth-order valence-corrected chi connectivity index (χ4v) is 4.26. The van der Waals surface area contributed by atoms with Crippen molar-refractivity contribution in [2.45, 2.75) is 24.3 Å². The van der Waals surface area contributed by atoms with Crippen molar-refractivity contribution in [1.82, 2.24) is 9.29 Å². The number of carbonyl (C=O) groups excluding carboxylic acids is 1. The van der Waals surface area contributed by atoms with Gasteiger partial charge in [-0.15, -0.1) is 0 Å². The molecule has 1 aromatic carbocycles. The SMILES string of the molecule is Cc1cccc(O[C@H]2CCN(S(=O)(=O)c3ccc(OCC(N)=O)cc3)C2)n1. The molecule has 144 valence electrons. The monoisotopic (exact) mass is 391 g/mol. The van der Waals surface area contributed by atoms with Gasteiger partial charge in [0.1, 0.15) is 11.9 Å². The average molecular weight is 391 g/mol. The van der Waals surface area contributed by atoms with Crippen LogP contribution in [0.25, 0.3) is 0 Å². The Hall–Kier alpha value is -2.65. The lowest BCUT2D eigenvalue weighted by Crippen LogP contribution is -2.31. The molecule has 9 heteroatoms. The lowest BCUT2D eigenvalue weighted by Gasteiger charge is -2.17. The van der Waals surface area contributed by atoms with Gasteiger partial charge in [0.05, 0.1) is 11.4 Å². The second-order valence-corrected chi connectivity index (χ2v) is 8.17. The summed E-state index contributed by atoms with van der Waals surface area (Å²) in [6.45, 7) is 2.25. The van der Waals surface area contributed by atoms with Crippen molar-refractivity contribution in [3.05, 3.63) is 48.2 Å². The lowest BCUT2D eigenvalue weighted by atomic mass is 10.3. The molecule has 0 spiro atoms. The van der Waals surface area contributed by atoms with Gasteiger partial charge in [-0.1, -0.05) is 6.07 Å². The molecule has 0 bridgehead atoms. The number of pyridine rings is 1. The molecular weight excluding hydrogens is 370 g/mol. The molecule has 0 saturated carbocycles. The van der Waals surface area contributed by atoms with E-state index in [1.54, 1.807) is 6.07 Å². The van der Waals surface area contributed by atoms with E-state index in [1.807, 2.05) is 19.1 Å². The molecule has 1 fully saturated rings. The number of aryl methyl sites for hydroxylation is 1. The van der Waals surface area contributed by atoms with Crippen molar-refractivity contribution in [2.24, 2.45) is 5.73 Å². The van der Waals surface area contributed by atoms with Gasteiger partial charge in [0.15, 0.2) is 6.61 Å². The standard InChI is InChI=1S/C18H21N3O5S/c1-13-3-2-4-18(20-13)26-15-9-10-21(11-15)27(23,24)16-7-5-14(6-8-16)25-12-17(19)22/h2-8,15H,9-12H2,1H3,(H2,19,22)/t15-/m0/s1. The molecule has 2 N–H and O–H groups in total. The second-order valence-electron chi connectivity index (χ2n) is 6.24. The quantitative estimate of drug-likeness (QED) is 0.756. The van der Waals surface area contributed by atoms with Crippen LogP contribution in [0.4, 0.5) is 0 Å². The summed E-state index contributed by atoms with van der Waals surface area (Å²) in [5, 5.41) is 0. The van der Waals surface area contributed by atoms with Gasteiger partial charge in [-0.25, -0.2) is 13.4 Å². The van der Waals surface area contributed by atoms with Crippen molar-refractivity contribution in [3.63, 3.8) is 0 Å². The summed E-state index contributed by atoms with van der Waals surface area (Å²) in [6, 6.07) is 11.4. The molecule has 1 aliphatic heterocycles. The topological polar surface area (TPSA) is 112 Å². The van der Waals surface area contributed by atoms with Crippen molar-refractivity contribution >= 4 is 15.9 Å². The van der Waals surface area contributed by atoms with Crippen molar-refractivity contribution < 1.29 is 22.7 Å². The van der Waals surface area contributed by atoms with Crippen molar-refractivity contribution in [1.29, 1.82) is 0 Å². The Bertz CT molecular complexity index is 915. The van der Waals surface area contributed by atoms with Gasteiger partial charge >= 0.3 is 0 Å². The Balaban J connectivity index is 1.64. The molecular formula is C18H21N3O5S. The summed E-state index contributed by atoms with van der Waals surface area (Å²) in [5.41, 5.74) is 5.86. The zero-order valence-corrected chi connectivity index (χ0v) is 15.7. The number of benzene rings is 1. The van der Waals surface area contributed by atoms with Crippen LogP contribution < -0.4 is 15.2 Å². The molecule has 1 saturated heterocycles. The number of nitrogens with two attached hydrogens (primary N) is 1. The number of nitrogens with zero attached hydrogens (tertiary/aromatic N) is 2. The van der Waals surface area contributed by atoms with Gasteiger partial charge < -0.3 is 15.2 Å². The summed E-state index contributed by atoms with van der Waals surface area (Å²) in [6.07, 6.45) is 0.349. The first-order chi connectivity index (χ1) is 12.8. The Morgan fingerprint density at radius 1 is 1.26 bits per heavy atom. The molecule has 1 amide bonds. The van der Waals surface area contributed by atoms with Crippen LogP contribution in [0.2, 0.25) is 0 Å². The minimum absolute atomic E-state index is 0.156. The molecule has 0 radical (unpaired) electrons. The maximum absolute atomic E-state index is 12.8. The number of aromatic nitrogens is 1. The molecule has 27 heavy (non-hydrogen) atoms. The predicted octanol–water partition coefficient (Wildman–Crippen LogP) is 1.10. The van der Waals surface area contributed by atoms with E-state index in [4.69, 9.17) is 15.2 Å². The number of hydrogen-bond acceptors (Lipinski definition) is 6. The summed E-state index contributed by atoms with van der Waals surface area (Å²) in [5.74, 6) is 0.272. The van der Waals surface area contributed by atoms with Gasteiger partial charge in [0, 0.05) is 18.3 Å². The van der Waals surface area contributed by atoms with Crippen LogP contribution in [0.5, 0.6) is 11.6 Å². The van der Waals surface area contributed by atoms with E-state index in [1.165, 1.54) is 28.6 Å². The van der Waals surface area contributed by atoms with Gasteiger partial charge in [-0.2, -0.15) is 4.31 Å². The third-order valence-corrected chi connectivity index (χ3v) is 5.98. The number of sulfonamides is 1. The largest absolute Gasteiger partial charge is 0.484 e. The first-order valence-electron chi connectivity index (χ1n) is 8.46. The highest BCUT2D eigenvalue weighted by atomic mass is 32.2. The molecule has 1 aromatic heterocycles. The number of primary amides is 1. The molecule has 1 aliphatic rings. The van der Waals surface area contributed by atoms with Crippen LogP contribution in [0.3, 0.4) is 0 Å². The Labute approximate surface area is 158 Å². The summed E-state index contributed by atoms with van der Waals surface area (Å²) in [7, 11) is -3.63. The third-order valence-electron chi connectivity index (χ3n) is 4.10. The van der Waals surface area contributed by atoms with Gasteiger partial charge in [-0.05, 0) is 43.7 Å². The van der Waals surface area contributed by atoms with E-state index >= 15 is 0 Å². The normalized spacial score (nSPS) is 17.6. The molecule has 0 aliphatic carbocycles. The highest BCUT2D eigenvalue weighted by Gasteiger charge is 2.33. The fourth-order valence-electron chi connectivity index (χ4n) is 2.78. The maximum Gasteiger partial charge on any atom is 0.255 e. The van der Waals surface area contributed by atoms with E-state index < -0.39 is 15.9 Å². The van der Waals surface area contributed by atoms with Crippen molar-refractivity contribution in [3.8, 4) is 11.6 Å².